The van der Waals surface area contributed by atoms with Crippen molar-refractivity contribution in [2.75, 3.05) is 39.6 Å². The Morgan fingerprint density at radius 3 is 0.711 bits per heavy atom. The highest BCUT2D eigenvalue weighted by molar-refractivity contribution is 7.47. The number of phosphoric acid groups is 2. The van der Waals surface area contributed by atoms with Crippen LogP contribution in [0.15, 0.2) is 0 Å². The standard InChI is InChI=1S/C64H124O17P2/c1-5-9-13-17-21-24-27-30-33-37-41-45-49-62(67)75-55-60(81-64(69)51-47-43-39-35-32-29-26-23-19-15-11-7-3)57-79-83(72,73)77-53-58(65)52-76-82(70,71)78-56-59(54-74-61(66)48-44-40-36-20-16-12-8-4)80-63(68)50-46-42-38-34-31-28-25-22-18-14-10-6-2/h58-60,65H,5-57H2,1-4H3,(H,70,71)(H,72,73)/t58-,59+,60+/m0/s1. The van der Waals surface area contributed by atoms with E-state index in [1.807, 2.05) is 0 Å². The SMILES string of the molecule is CCCCCCCCCCCCCCC(=O)OC[C@H](COP(=O)(O)OC[C@@H](O)COP(=O)(O)OC[C@@H](COC(=O)CCCCCCCCC)OC(=O)CCCCCCCCCCCCCC)OC(=O)CCCCCCCCCCCCCC. The summed E-state index contributed by atoms with van der Waals surface area (Å²) < 4.78 is 67.9. The van der Waals surface area contributed by atoms with E-state index in [-0.39, 0.29) is 25.7 Å². The maximum Gasteiger partial charge on any atom is 0.472 e. The predicted octanol–water partition coefficient (Wildman–Crippen LogP) is 17.9. The molecule has 0 saturated carbocycles. The maximum atomic E-state index is 13.0. The monoisotopic (exact) mass is 1230 g/mol. The molecule has 492 valence electrons. The first-order chi connectivity index (χ1) is 40.2. The van der Waals surface area contributed by atoms with Gasteiger partial charge in [-0.15, -0.1) is 0 Å². The third-order valence-electron chi connectivity index (χ3n) is 14.9. The summed E-state index contributed by atoms with van der Waals surface area (Å²) in [7, 11) is -9.88. The van der Waals surface area contributed by atoms with Crippen LogP contribution >= 0.6 is 15.6 Å². The van der Waals surface area contributed by atoms with Crippen molar-refractivity contribution in [2.45, 2.75) is 348 Å². The molecular weight excluding hydrogens is 1100 g/mol. The number of ether oxygens (including phenoxy) is 4. The summed E-state index contributed by atoms with van der Waals surface area (Å²) in [5.41, 5.74) is 0. The van der Waals surface area contributed by atoms with E-state index >= 15 is 0 Å². The first-order valence-electron chi connectivity index (χ1n) is 33.8. The van der Waals surface area contributed by atoms with Gasteiger partial charge in [0.05, 0.1) is 26.4 Å². The van der Waals surface area contributed by atoms with Crippen LogP contribution in [0.1, 0.15) is 329 Å². The molecule has 2 unspecified atom stereocenters. The Morgan fingerprint density at radius 2 is 0.482 bits per heavy atom. The van der Waals surface area contributed by atoms with Crippen molar-refractivity contribution in [1.29, 1.82) is 0 Å². The highest BCUT2D eigenvalue weighted by Gasteiger charge is 2.30. The van der Waals surface area contributed by atoms with E-state index in [0.29, 0.717) is 25.7 Å². The van der Waals surface area contributed by atoms with Gasteiger partial charge in [0.15, 0.2) is 12.2 Å². The van der Waals surface area contributed by atoms with Gasteiger partial charge in [-0.25, -0.2) is 9.13 Å². The molecule has 0 radical (unpaired) electrons. The number of hydrogen-bond donors (Lipinski definition) is 3. The van der Waals surface area contributed by atoms with E-state index in [2.05, 4.69) is 27.7 Å². The summed E-state index contributed by atoms with van der Waals surface area (Å²) in [5.74, 6) is -2.13. The van der Waals surface area contributed by atoms with Crippen LogP contribution in [0.25, 0.3) is 0 Å². The highest BCUT2D eigenvalue weighted by Crippen LogP contribution is 2.45. The number of rotatable bonds is 65. The number of phosphoric ester groups is 2. The van der Waals surface area contributed by atoms with Crippen LogP contribution < -0.4 is 0 Å². The molecule has 0 aromatic carbocycles. The quantitative estimate of drug-likeness (QED) is 0.0222. The largest absolute Gasteiger partial charge is 0.472 e. The first-order valence-corrected chi connectivity index (χ1v) is 36.8. The average molecular weight is 1230 g/mol. The minimum Gasteiger partial charge on any atom is -0.462 e. The van der Waals surface area contributed by atoms with E-state index in [0.717, 1.165) is 103 Å². The number of aliphatic hydroxyl groups excluding tert-OH is 1. The zero-order chi connectivity index (χ0) is 61.2. The summed E-state index contributed by atoms with van der Waals surface area (Å²) in [6, 6.07) is 0. The van der Waals surface area contributed by atoms with Crippen LogP contribution in [0.5, 0.6) is 0 Å². The Kier molecular flexibility index (Phi) is 57.7. The Bertz CT molecular complexity index is 1600. The third-order valence-corrected chi connectivity index (χ3v) is 16.8. The average Bonchev–Trinajstić information content (AvgIpc) is 3.50. The van der Waals surface area contributed by atoms with Crippen molar-refractivity contribution in [3.63, 3.8) is 0 Å². The molecule has 0 amide bonds. The van der Waals surface area contributed by atoms with Gasteiger partial charge in [-0.2, -0.15) is 0 Å². The molecule has 0 heterocycles. The maximum absolute atomic E-state index is 13.0. The topological polar surface area (TPSA) is 237 Å². The summed E-state index contributed by atoms with van der Waals surface area (Å²) in [4.78, 5) is 72.1. The Balaban J connectivity index is 5.21. The van der Waals surface area contributed by atoms with Crippen LogP contribution in [-0.2, 0) is 65.4 Å². The first kappa shape index (κ1) is 81.1. The third kappa shape index (κ3) is 58.8. The minimum absolute atomic E-state index is 0.107. The lowest BCUT2D eigenvalue weighted by molar-refractivity contribution is -0.161. The van der Waals surface area contributed by atoms with E-state index in [9.17, 15) is 43.2 Å². The number of aliphatic hydroxyl groups is 1. The molecule has 0 bridgehead atoms. The van der Waals surface area contributed by atoms with E-state index in [1.165, 1.54) is 148 Å². The van der Waals surface area contributed by atoms with Gasteiger partial charge in [0.2, 0.25) is 0 Å². The van der Waals surface area contributed by atoms with E-state index in [1.54, 1.807) is 0 Å². The second-order valence-electron chi connectivity index (χ2n) is 23.2. The molecule has 0 aliphatic carbocycles. The Morgan fingerprint density at radius 1 is 0.289 bits per heavy atom. The zero-order valence-corrected chi connectivity index (χ0v) is 54.9. The fraction of sp³-hybridized carbons (Fsp3) is 0.938. The Labute approximate surface area is 505 Å². The molecule has 0 spiro atoms. The fourth-order valence-corrected chi connectivity index (χ4v) is 11.2. The second-order valence-corrected chi connectivity index (χ2v) is 26.1. The molecule has 5 atom stereocenters. The summed E-state index contributed by atoms with van der Waals surface area (Å²) >= 11 is 0. The summed E-state index contributed by atoms with van der Waals surface area (Å²) in [6.45, 7) is 4.86. The molecule has 0 aliphatic rings. The number of carbonyl (C=O) groups is 4. The molecule has 0 aliphatic heterocycles. The normalized spacial score (nSPS) is 14.2. The second kappa shape index (κ2) is 59.0. The van der Waals surface area contributed by atoms with Crippen LogP contribution in [0, 0.1) is 0 Å². The van der Waals surface area contributed by atoms with E-state index < -0.39 is 97.5 Å². The fourth-order valence-electron chi connectivity index (χ4n) is 9.63. The van der Waals surface area contributed by atoms with Gasteiger partial charge in [-0.1, -0.05) is 278 Å². The molecule has 0 fully saturated rings. The molecule has 0 rings (SSSR count). The number of unbranched alkanes of at least 4 members (excludes halogenated alkanes) is 39. The van der Waals surface area contributed by atoms with Gasteiger partial charge in [0.1, 0.15) is 19.3 Å². The lowest BCUT2D eigenvalue weighted by Crippen LogP contribution is -2.30. The number of hydrogen-bond acceptors (Lipinski definition) is 15. The van der Waals surface area contributed by atoms with Gasteiger partial charge in [-0.3, -0.25) is 37.3 Å². The predicted molar refractivity (Wildman–Crippen MR) is 331 cm³/mol. The lowest BCUT2D eigenvalue weighted by Gasteiger charge is -2.21. The van der Waals surface area contributed by atoms with E-state index in [4.69, 9.17) is 37.0 Å². The van der Waals surface area contributed by atoms with Crippen molar-refractivity contribution in [1.82, 2.24) is 0 Å². The molecule has 3 N–H and O–H groups in total. The number of carbonyl (C=O) groups excluding carboxylic acids is 4. The van der Waals surface area contributed by atoms with Crippen molar-refractivity contribution >= 4 is 39.5 Å². The summed E-state index contributed by atoms with van der Waals surface area (Å²) in [6.07, 6.45) is 44.3. The van der Waals surface area contributed by atoms with Gasteiger partial charge in [0, 0.05) is 25.7 Å². The lowest BCUT2D eigenvalue weighted by atomic mass is 10.0. The molecule has 17 nitrogen and oxygen atoms in total. The smallest absolute Gasteiger partial charge is 0.462 e. The van der Waals surface area contributed by atoms with Crippen LogP contribution in [0.4, 0.5) is 0 Å². The molecule has 19 heteroatoms. The Hall–Kier alpha value is -1.94. The van der Waals surface area contributed by atoms with Gasteiger partial charge < -0.3 is 33.8 Å². The molecule has 0 saturated heterocycles. The van der Waals surface area contributed by atoms with Gasteiger partial charge >= 0.3 is 39.5 Å². The molecule has 83 heavy (non-hydrogen) atoms. The van der Waals surface area contributed by atoms with Crippen molar-refractivity contribution in [2.24, 2.45) is 0 Å². The molecule has 0 aromatic rings. The van der Waals surface area contributed by atoms with Crippen molar-refractivity contribution in [3.05, 3.63) is 0 Å². The molecule has 0 aromatic heterocycles. The number of esters is 4. The van der Waals surface area contributed by atoms with Gasteiger partial charge in [-0.05, 0) is 25.7 Å². The molecular formula is C64H124O17P2. The summed E-state index contributed by atoms with van der Waals surface area (Å²) in [5, 5.41) is 10.5. The van der Waals surface area contributed by atoms with Crippen molar-refractivity contribution < 1.29 is 80.2 Å². The van der Waals surface area contributed by atoms with Gasteiger partial charge in [0.25, 0.3) is 0 Å². The van der Waals surface area contributed by atoms with Crippen LogP contribution in [0.3, 0.4) is 0 Å². The highest BCUT2D eigenvalue weighted by atomic mass is 31.2. The minimum atomic E-state index is -4.94. The van der Waals surface area contributed by atoms with Crippen LogP contribution in [-0.4, -0.2) is 96.7 Å². The van der Waals surface area contributed by atoms with Crippen LogP contribution in [0.2, 0.25) is 0 Å². The zero-order valence-electron chi connectivity index (χ0n) is 53.2. The van der Waals surface area contributed by atoms with Crippen molar-refractivity contribution in [3.8, 4) is 0 Å².